The summed E-state index contributed by atoms with van der Waals surface area (Å²) in [6.07, 6.45) is 2.89. The zero-order valence-corrected chi connectivity index (χ0v) is 9.19. The molecule has 0 aliphatic carbocycles. The van der Waals surface area contributed by atoms with Gasteiger partial charge in [0.1, 0.15) is 12.0 Å². The summed E-state index contributed by atoms with van der Waals surface area (Å²) in [6.45, 7) is 0. The van der Waals surface area contributed by atoms with Crippen molar-refractivity contribution >= 4 is 22.4 Å². The SMILES string of the molecule is COc1cc(C(=O)Nc2nccs2)ncn1. The normalized spacial score (nSPS) is 9.81. The van der Waals surface area contributed by atoms with Crippen LogP contribution in [0.15, 0.2) is 24.0 Å². The number of carbonyl (C=O) groups is 1. The molecule has 1 N–H and O–H groups in total. The Morgan fingerprint density at radius 3 is 3.00 bits per heavy atom. The minimum Gasteiger partial charge on any atom is -0.481 e. The molecule has 0 saturated heterocycles. The van der Waals surface area contributed by atoms with Crippen LogP contribution in [0.1, 0.15) is 10.5 Å². The van der Waals surface area contributed by atoms with Crippen molar-refractivity contribution in [1.82, 2.24) is 15.0 Å². The van der Waals surface area contributed by atoms with Gasteiger partial charge in [-0.15, -0.1) is 11.3 Å². The van der Waals surface area contributed by atoms with Gasteiger partial charge in [0, 0.05) is 17.6 Å². The number of amides is 1. The van der Waals surface area contributed by atoms with Crippen molar-refractivity contribution < 1.29 is 9.53 Å². The van der Waals surface area contributed by atoms with Crippen LogP contribution in [0.5, 0.6) is 5.88 Å². The maximum absolute atomic E-state index is 11.7. The average Bonchev–Trinajstić information content (AvgIpc) is 2.82. The van der Waals surface area contributed by atoms with E-state index in [0.29, 0.717) is 11.0 Å². The molecule has 7 heteroatoms. The van der Waals surface area contributed by atoms with E-state index in [0.717, 1.165) is 0 Å². The molecular formula is C9H8N4O2S. The lowest BCUT2D eigenvalue weighted by Crippen LogP contribution is -2.13. The third-order valence-corrected chi connectivity index (χ3v) is 2.43. The molecule has 1 amide bonds. The monoisotopic (exact) mass is 236 g/mol. The smallest absolute Gasteiger partial charge is 0.276 e. The number of methoxy groups -OCH3 is 1. The van der Waals surface area contributed by atoms with E-state index < -0.39 is 0 Å². The minimum absolute atomic E-state index is 0.238. The molecule has 0 aliphatic heterocycles. The predicted molar refractivity (Wildman–Crippen MR) is 58.7 cm³/mol. The van der Waals surface area contributed by atoms with E-state index in [-0.39, 0.29) is 11.6 Å². The molecule has 2 aromatic heterocycles. The molecule has 16 heavy (non-hydrogen) atoms. The lowest BCUT2D eigenvalue weighted by Gasteiger charge is -2.02. The maximum Gasteiger partial charge on any atom is 0.276 e. The molecule has 0 atom stereocenters. The Hall–Kier alpha value is -2.02. The van der Waals surface area contributed by atoms with Gasteiger partial charge in [0.15, 0.2) is 5.13 Å². The summed E-state index contributed by atoms with van der Waals surface area (Å²) in [6, 6.07) is 1.46. The van der Waals surface area contributed by atoms with Crippen LogP contribution < -0.4 is 10.1 Å². The van der Waals surface area contributed by atoms with Gasteiger partial charge in [-0.05, 0) is 0 Å². The van der Waals surface area contributed by atoms with Crippen molar-refractivity contribution in [2.75, 3.05) is 12.4 Å². The van der Waals surface area contributed by atoms with E-state index in [1.165, 1.54) is 30.8 Å². The molecule has 0 saturated carbocycles. The highest BCUT2D eigenvalue weighted by atomic mass is 32.1. The number of carbonyl (C=O) groups excluding carboxylic acids is 1. The number of hydrogen-bond donors (Lipinski definition) is 1. The summed E-state index contributed by atoms with van der Waals surface area (Å²) < 4.78 is 4.90. The van der Waals surface area contributed by atoms with Gasteiger partial charge in [-0.25, -0.2) is 15.0 Å². The van der Waals surface area contributed by atoms with E-state index in [4.69, 9.17) is 4.74 Å². The number of nitrogens with zero attached hydrogens (tertiary/aromatic N) is 3. The third-order valence-electron chi connectivity index (χ3n) is 1.74. The summed E-state index contributed by atoms with van der Waals surface area (Å²) in [4.78, 5) is 23.3. The Morgan fingerprint density at radius 1 is 1.44 bits per heavy atom. The summed E-state index contributed by atoms with van der Waals surface area (Å²) in [5, 5.41) is 4.92. The lowest BCUT2D eigenvalue weighted by atomic mass is 10.4. The molecule has 0 radical (unpaired) electrons. The van der Waals surface area contributed by atoms with E-state index >= 15 is 0 Å². The molecule has 0 aromatic carbocycles. The van der Waals surface area contributed by atoms with Gasteiger partial charge >= 0.3 is 0 Å². The third kappa shape index (κ3) is 2.31. The number of hydrogen-bond acceptors (Lipinski definition) is 6. The van der Waals surface area contributed by atoms with Crippen molar-refractivity contribution in [1.29, 1.82) is 0 Å². The second-order valence-electron chi connectivity index (χ2n) is 2.74. The first-order valence-corrected chi connectivity index (χ1v) is 5.24. The number of anilines is 1. The van der Waals surface area contributed by atoms with Crippen LogP contribution >= 0.6 is 11.3 Å². The highest BCUT2D eigenvalue weighted by molar-refractivity contribution is 7.13. The predicted octanol–water partition coefficient (Wildman–Crippen LogP) is 1.19. The van der Waals surface area contributed by atoms with Gasteiger partial charge in [0.2, 0.25) is 5.88 Å². The van der Waals surface area contributed by atoms with Crippen LogP contribution in [0.4, 0.5) is 5.13 Å². The number of thiazole rings is 1. The quantitative estimate of drug-likeness (QED) is 0.866. The van der Waals surface area contributed by atoms with Gasteiger partial charge in [-0.1, -0.05) is 0 Å². The molecule has 0 fully saturated rings. The molecule has 0 spiro atoms. The van der Waals surface area contributed by atoms with E-state index in [2.05, 4.69) is 20.3 Å². The van der Waals surface area contributed by atoms with E-state index in [9.17, 15) is 4.79 Å². The zero-order chi connectivity index (χ0) is 11.4. The first-order valence-electron chi connectivity index (χ1n) is 4.36. The van der Waals surface area contributed by atoms with Crippen LogP contribution in [0, 0.1) is 0 Å². The Balaban J connectivity index is 2.14. The van der Waals surface area contributed by atoms with Gasteiger partial charge in [-0.3, -0.25) is 10.1 Å². The molecular weight excluding hydrogens is 228 g/mol. The van der Waals surface area contributed by atoms with Crippen LogP contribution in [-0.4, -0.2) is 28.0 Å². The molecule has 2 aromatic rings. The fourth-order valence-electron chi connectivity index (χ4n) is 1.02. The van der Waals surface area contributed by atoms with Crippen molar-refractivity contribution in [2.24, 2.45) is 0 Å². The van der Waals surface area contributed by atoms with Crippen molar-refractivity contribution in [3.8, 4) is 5.88 Å². The van der Waals surface area contributed by atoms with Crippen molar-refractivity contribution in [2.45, 2.75) is 0 Å². The number of nitrogens with one attached hydrogen (secondary N) is 1. The van der Waals surface area contributed by atoms with Gasteiger partial charge in [0.05, 0.1) is 7.11 Å². The molecule has 2 rings (SSSR count). The maximum atomic E-state index is 11.7. The van der Waals surface area contributed by atoms with E-state index in [1.54, 1.807) is 11.6 Å². The topological polar surface area (TPSA) is 77.0 Å². The van der Waals surface area contributed by atoms with Crippen LogP contribution in [0.25, 0.3) is 0 Å². The molecule has 0 unspecified atom stereocenters. The average molecular weight is 236 g/mol. The summed E-state index contributed by atoms with van der Waals surface area (Å²) in [5.74, 6) is 0.00920. The standard InChI is InChI=1S/C9H8N4O2S/c1-15-7-4-6(11-5-12-7)8(14)13-9-10-2-3-16-9/h2-5H,1H3,(H,10,13,14). The van der Waals surface area contributed by atoms with Crippen molar-refractivity contribution in [3.63, 3.8) is 0 Å². The largest absolute Gasteiger partial charge is 0.481 e. The Kier molecular flexibility index (Phi) is 3.06. The first kappa shape index (κ1) is 10.5. The Labute approximate surface area is 95.3 Å². The highest BCUT2D eigenvalue weighted by Gasteiger charge is 2.10. The molecule has 0 aliphatic rings. The number of rotatable bonds is 3. The van der Waals surface area contributed by atoms with Gasteiger partial charge < -0.3 is 4.74 Å². The molecule has 82 valence electrons. The number of ether oxygens (including phenoxy) is 1. The minimum atomic E-state index is -0.337. The van der Waals surface area contributed by atoms with Gasteiger partial charge in [-0.2, -0.15) is 0 Å². The second kappa shape index (κ2) is 4.67. The Bertz CT molecular complexity index is 486. The summed E-state index contributed by atoms with van der Waals surface area (Å²) in [7, 11) is 1.48. The highest BCUT2D eigenvalue weighted by Crippen LogP contribution is 2.12. The molecule has 6 nitrogen and oxygen atoms in total. The molecule has 0 bridgehead atoms. The fourth-order valence-corrected chi connectivity index (χ4v) is 1.55. The second-order valence-corrected chi connectivity index (χ2v) is 3.63. The van der Waals surface area contributed by atoms with Gasteiger partial charge in [0.25, 0.3) is 5.91 Å². The zero-order valence-electron chi connectivity index (χ0n) is 8.38. The van der Waals surface area contributed by atoms with Crippen molar-refractivity contribution in [3.05, 3.63) is 29.7 Å². The summed E-state index contributed by atoms with van der Waals surface area (Å²) in [5.41, 5.74) is 0.238. The lowest BCUT2D eigenvalue weighted by molar-refractivity contribution is 0.102. The Morgan fingerprint density at radius 2 is 2.31 bits per heavy atom. The summed E-state index contributed by atoms with van der Waals surface area (Å²) >= 11 is 1.34. The van der Waals surface area contributed by atoms with Crippen LogP contribution in [0.3, 0.4) is 0 Å². The molecule has 2 heterocycles. The van der Waals surface area contributed by atoms with Crippen LogP contribution in [-0.2, 0) is 0 Å². The number of aromatic nitrogens is 3. The van der Waals surface area contributed by atoms with Crippen LogP contribution in [0.2, 0.25) is 0 Å². The van der Waals surface area contributed by atoms with E-state index in [1.807, 2.05) is 0 Å². The fraction of sp³-hybridized carbons (Fsp3) is 0.111. The first-order chi connectivity index (χ1) is 7.79.